The van der Waals surface area contributed by atoms with Crippen LogP contribution < -0.4 is 10.2 Å². The van der Waals surface area contributed by atoms with E-state index in [0.29, 0.717) is 24.7 Å². The van der Waals surface area contributed by atoms with Gasteiger partial charge in [-0.2, -0.15) is 10.1 Å². The summed E-state index contributed by atoms with van der Waals surface area (Å²) in [4.78, 5) is 6.60. The van der Waals surface area contributed by atoms with Crippen LogP contribution in [0.1, 0.15) is 39.7 Å². The van der Waals surface area contributed by atoms with Crippen molar-refractivity contribution in [2.45, 2.75) is 45.6 Å². The van der Waals surface area contributed by atoms with Gasteiger partial charge < -0.3 is 10.2 Å². The molecule has 1 aromatic carbocycles. The largest absolute Gasteiger partial charge is 0.351 e. The lowest BCUT2D eigenvalue weighted by molar-refractivity contribution is 0.592. The molecule has 0 amide bonds. The van der Waals surface area contributed by atoms with Gasteiger partial charge >= 0.3 is 0 Å². The molecule has 0 saturated carbocycles. The number of anilines is 3. The molecular weight excluding hydrogens is 362 g/mol. The molecule has 1 aromatic heterocycles. The highest BCUT2D eigenvalue weighted by atomic mass is 32.2. The Morgan fingerprint density at radius 1 is 1.26 bits per heavy atom. The molecule has 0 bridgehead atoms. The van der Waals surface area contributed by atoms with Crippen molar-refractivity contribution in [3.8, 4) is 0 Å². The number of sulfone groups is 1. The summed E-state index contributed by atoms with van der Waals surface area (Å²) in [7, 11) is -2.96. The molecule has 3 rings (SSSR count). The van der Waals surface area contributed by atoms with Crippen LogP contribution in [0.2, 0.25) is 0 Å². The number of para-hydroxylation sites is 1. The lowest BCUT2D eigenvalue weighted by Crippen LogP contribution is -2.37. The number of nitrogens with zero attached hydrogens (tertiary/aromatic N) is 4. The quantitative estimate of drug-likeness (QED) is 0.841. The molecule has 7 nitrogen and oxygen atoms in total. The molecule has 8 heteroatoms. The van der Waals surface area contributed by atoms with E-state index < -0.39 is 9.84 Å². The van der Waals surface area contributed by atoms with Crippen molar-refractivity contribution in [2.75, 3.05) is 28.3 Å². The van der Waals surface area contributed by atoms with Crippen molar-refractivity contribution in [2.24, 2.45) is 0 Å². The number of hydrogen-bond donors (Lipinski definition) is 1. The molecule has 27 heavy (non-hydrogen) atoms. The average molecular weight is 390 g/mol. The molecule has 1 aliphatic rings. The highest BCUT2D eigenvalue weighted by molar-refractivity contribution is 7.91. The summed E-state index contributed by atoms with van der Waals surface area (Å²) in [5.74, 6) is 1.45. The summed E-state index contributed by atoms with van der Waals surface area (Å²) in [6.07, 6.45) is 2.21. The summed E-state index contributed by atoms with van der Waals surface area (Å²) in [5.41, 5.74) is 2.08. The Morgan fingerprint density at radius 3 is 2.63 bits per heavy atom. The first-order valence-electron chi connectivity index (χ1n) is 9.23. The van der Waals surface area contributed by atoms with Crippen molar-refractivity contribution in [1.82, 2.24) is 15.2 Å². The van der Waals surface area contributed by atoms with Gasteiger partial charge in [-0.25, -0.2) is 8.42 Å². The van der Waals surface area contributed by atoms with E-state index in [1.54, 1.807) is 6.20 Å². The molecule has 2 heterocycles. The van der Waals surface area contributed by atoms with Crippen LogP contribution >= 0.6 is 0 Å². The fraction of sp³-hybridized carbons (Fsp3) is 0.526. The molecule has 146 valence electrons. The van der Waals surface area contributed by atoms with Crippen molar-refractivity contribution < 1.29 is 8.42 Å². The number of rotatable bonds is 5. The van der Waals surface area contributed by atoms with Gasteiger partial charge in [0.15, 0.2) is 15.7 Å². The molecule has 2 aromatic rings. The maximum atomic E-state index is 11.8. The van der Waals surface area contributed by atoms with Gasteiger partial charge in [0, 0.05) is 18.3 Å². The maximum absolute atomic E-state index is 11.8. The van der Waals surface area contributed by atoms with Crippen LogP contribution in [0.15, 0.2) is 30.5 Å². The van der Waals surface area contributed by atoms with E-state index in [-0.39, 0.29) is 23.0 Å². The van der Waals surface area contributed by atoms with Crippen LogP contribution in [-0.2, 0) is 15.3 Å². The number of nitrogens with one attached hydrogen (secondary N) is 1. The molecule has 0 aliphatic carbocycles. The molecule has 0 spiro atoms. The fourth-order valence-corrected chi connectivity index (χ4v) is 5.21. The van der Waals surface area contributed by atoms with Gasteiger partial charge in [-0.15, -0.1) is 5.10 Å². The van der Waals surface area contributed by atoms with E-state index >= 15 is 0 Å². The van der Waals surface area contributed by atoms with Crippen molar-refractivity contribution in [3.63, 3.8) is 0 Å². The second-order valence-corrected chi connectivity index (χ2v) is 10.1. The second-order valence-electron chi connectivity index (χ2n) is 7.90. The van der Waals surface area contributed by atoms with E-state index in [9.17, 15) is 8.42 Å². The number of benzene rings is 1. The normalized spacial score (nSPS) is 19.0. The molecule has 1 atom stereocenters. The first-order valence-corrected chi connectivity index (χ1v) is 11.0. The van der Waals surface area contributed by atoms with Crippen LogP contribution in [0.4, 0.5) is 17.5 Å². The van der Waals surface area contributed by atoms with Gasteiger partial charge in [-0.3, -0.25) is 0 Å². The Kier molecular flexibility index (Phi) is 5.37. The highest BCUT2D eigenvalue weighted by Gasteiger charge is 2.32. The Morgan fingerprint density at radius 2 is 2.00 bits per heavy atom. The van der Waals surface area contributed by atoms with E-state index in [0.717, 1.165) is 11.3 Å². The van der Waals surface area contributed by atoms with E-state index in [1.807, 2.05) is 30.0 Å². The van der Waals surface area contributed by atoms with Crippen LogP contribution in [0, 0.1) is 0 Å². The van der Waals surface area contributed by atoms with Crippen molar-refractivity contribution >= 4 is 27.3 Å². The third-order valence-electron chi connectivity index (χ3n) is 4.81. The maximum Gasteiger partial charge on any atom is 0.249 e. The Balaban J connectivity index is 1.86. The zero-order valence-electron chi connectivity index (χ0n) is 16.3. The monoisotopic (exact) mass is 389 g/mol. The van der Waals surface area contributed by atoms with Crippen molar-refractivity contribution in [3.05, 3.63) is 36.0 Å². The van der Waals surface area contributed by atoms with Crippen molar-refractivity contribution in [1.29, 1.82) is 0 Å². The van der Waals surface area contributed by atoms with Crippen LogP contribution in [0.25, 0.3) is 0 Å². The lowest BCUT2D eigenvalue weighted by atomic mass is 9.86. The molecule has 1 fully saturated rings. The van der Waals surface area contributed by atoms with Gasteiger partial charge in [-0.1, -0.05) is 39.0 Å². The summed E-state index contributed by atoms with van der Waals surface area (Å²) in [6.45, 7) is 9.12. The first-order chi connectivity index (χ1) is 12.7. The number of aromatic nitrogens is 3. The summed E-state index contributed by atoms with van der Waals surface area (Å²) in [6, 6.07) is 8.00. The van der Waals surface area contributed by atoms with Gasteiger partial charge in [-0.05, 0) is 30.4 Å². The molecule has 1 N–H and O–H groups in total. The third kappa shape index (κ3) is 4.55. The third-order valence-corrected chi connectivity index (χ3v) is 6.56. The van der Waals surface area contributed by atoms with Gasteiger partial charge in [0.25, 0.3) is 0 Å². The Bertz CT molecular complexity index is 908. The standard InChI is InChI=1S/C19H27N5O2S/c1-5-24(14-10-11-27(25,26)13-14)17-12-20-23-18(22-17)21-16-9-7-6-8-15(16)19(2,3)4/h6-9,12,14H,5,10-11,13H2,1-4H3,(H,21,22,23). The van der Waals surface area contributed by atoms with Crippen LogP contribution in [0.5, 0.6) is 0 Å². The fourth-order valence-electron chi connectivity index (χ4n) is 3.48. The number of hydrogen-bond acceptors (Lipinski definition) is 7. The average Bonchev–Trinajstić information content (AvgIpc) is 2.95. The zero-order chi connectivity index (χ0) is 19.7. The first kappa shape index (κ1) is 19.5. The van der Waals surface area contributed by atoms with E-state index in [4.69, 9.17) is 0 Å². The predicted octanol–water partition coefficient (Wildman–Crippen LogP) is 2.93. The van der Waals surface area contributed by atoms with E-state index in [2.05, 4.69) is 47.3 Å². The van der Waals surface area contributed by atoms with Crippen LogP contribution in [-0.4, -0.2) is 47.7 Å². The smallest absolute Gasteiger partial charge is 0.249 e. The minimum atomic E-state index is -2.96. The lowest BCUT2D eigenvalue weighted by Gasteiger charge is -2.27. The molecule has 1 saturated heterocycles. The van der Waals surface area contributed by atoms with Crippen LogP contribution in [0.3, 0.4) is 0 Å². The summed E-state index contributed by atoms with van der Waals surface area (Å²) >= 11 is 0. The zero-order valence-corrected chi connectivity index (χ0v) is 17.1. The molecule has 0 radical (unpaired) electrons. The summed E-state index contributed by atoms with van der Waals surface area (Å²) < 4.78 is 23.7. The Hall–Kier alpha value is -2.22. The van der Waals surface area contributed by atoms with Gasteiger partial charge in [0.2, 0.25) is 5.95 Å². The molecule has 1 aliphatic heterocycles. The highest BCUT2D eigenvalue weighted by Crippen LogP contribution is 2.31. The predicted molar refractivity (Wildman–Crippen MR) is 108 cm³/mol. The SMILES string of the molecule is CCN(c1cnnc(Nc2ccccc2C(C)(C)C)n1)C1CCS(=O)(=O)C1. The summed E-state index contributed by atoms with van der Waals surface area (Å²) in [5, 5.41) is 11.5. The second kappa shape index (κ2) is 7.42. The Labute approximate surface area is 161 Å². The molecule has 1 unspecified atom stereocenters. The minimum absolute atomic E-state index is 0.0255. The van der Waals surface area contributed by atoms with Gasteiger partial charge in [0.05, 0.1) is 17.7 Å². The minimum Gasteiger partial charge on any atom is -0.351 e. The topological polar surface area (TPSA) is 88.1 Å². The van der Waals surface area contributed by atoms with Gasteiger partial charge in [0.1, 0.15) is 0 Å². The molecular formula is C19H27N5O2S. The van der Waals surface area contributed by atoms with E-state index in [1.165, 1.54) is 0 Å².